The monoisotopic (exact) mass is 437 g/mol. The Hall–Kier alpha value is -3.51. The molecule has 0 radical (unpaired) electrons. The van der Waals surface area contributed by atoms with E-state index in [-0.39, 0.29) is 13.1 Å². The van der Waals surface area contributed by atoms with Crippen LogP contribution in [-0.4, -0.2) is 78.1 Å². The van der Waals surface area contributed by atoms with Crippen LogP contribution in [-0.2, 0) is 41.7 Å². The van der Waals surface area contributed by atoms with Crippen LogP contribution in [0.1, 0.15) is 0 Å². The van der Waals surface area contributed by atoms with Crippen LogP contribution in [0.5, 0.6) is 0 Å². The molecule has 2 aromatic rings. The maximum absolute atomic E-state index is 12.4. The van der Waals surface area contributed by atoms with Gasteiger partial charge in [0.2, 0.25) is 6.33 Å². The van der Waals surface area contributed by atoms with Gasteiger partial charge in [-0.25, -0.2) is 18.7 Å². The largest absolute Gasteiger partial charge is 0.467 e. The van der Waals surface area contributed by atoms with Crippen molar-refractivity contribution in [1.29, 1.82) is 0 Å². The molecule has 4 N–H and O–H groups in total. The standard InChI is InChI=1S/C19H24N4O8/c1-30-18(28)12(9-24)20-16(26)7-22-11-23(15-6-4-3-5-14(15)22)8-17(27)21-13(10-25)19(29)31-2/h3-6,11-13,24-25H,7-10H2,1-2H3,(H-,20,21,26,27)/p+1/t12-,13-/m0/s1. The zero-order valence-corrected chi connectivity index (χ0v) is 17.1. The van der Waals surface area contributed by atoms with Crippen LogP contribution in [0.25, 0.3) is 11.0 Å². The summed E-state index contributed by atoms with van der Waals surface area (Å²) in [6.45, 7) is -1.61. The fourth-order valence-electron chi connectivity index (χ4n) is 2.93. The third-order valence-corrected chi connectivity index (χ3v) is 4.41. The molecule has 1 heterocycles. The van der Waals surface area contributed by atoms with Gasteiger partial charge in [0.1, 0.15) is 0 Å². The molecule has 31 heavy (non-hydrogen) atoms. The number of rotatable bonds is 10. The quantitative estimate of drug-likeness (QED) is 0.230. The van der Waals surface area contributed by atoms with E-state index in [1.165, 1.54) is 6.33 Å². The summed E-state index contributed by atoms with van der Waals surface area (Å²) >= 11 is 0. The lowest BCUT2D eigenvalue weighted by molar-refractivity contribution is -0.659. The Morgan fingerprint density at radius 3 is 2.06 bits per heavy atom. The molecule has 168 valence electrons. The second-order valence-electron chi connectivity index (χ2n) is 6.51. The van der Waals surface area contributed by atoms with Crippen molar-refractivity contribution in [2.45, 2.75) is 25.2 Å². The first-order chi connectivity index (χ1) is 14.8. The number of imidazole rings is 1. The highest BCUT2D eigenvalue weighted by Gasteiger charge is 2.25. The molecule has 0 saturated heterocycles. The number of hydrogen-bond acceptors (Lipinski definition) is 8. The van der Waals surface area contributed by atoms with Gasteiger partial charge in [0.05, 0.1) is 27.4 Å². The minimum atomic E-state index is -1.19. The van der Waals surface area contributed by atoms with Crippen molar-refractivity contribution in [3.63, 3.8) is 0 Å². The third kappa shape index (κ3) is 5.99. The first-order valence-electron chi connectivity index (χ1n) is 9.28. The van der Waals surface area contributed by atoms with E-state index >= 15 is 0 Å². The number of para-hydroxylation sites is 2. The summed E-state index contributed by atoms with van der Waals surface area (Å²) in [7, 11) is 2.29. The van der Waals surface area contributed by atoms with Crippen LogP contribution >= 0.6 is 0 Å². The van der Waals surface area contributed by atoms with Gasteiger partial charge in [0.25, 0.3) is 11.8 Å². The number of carbonyl (C=O) groups excluding carboxylic acids is 4. The summed E-state index contributed by atoms with van der Waals surface area (Å²) in [4.78, 5) is 47.8. The highest BCUT2D eigenvalue weighted by atomic mass is 16.5. The van der Waals surface area contributed by atoms with E-state index in [0.29, 0.717) is 11.0 Å². The van der Waals surface area contributed by atoms with Crippen molar-refractivity contribution in [1.82, 2.24) is 15.2 Å². The van der Waals surface area contributed by atoms with Crippen molar-refractivity contribution in [2.75, 3.05) is 27.4 Å². The van der Waals surface area contributed by atoms with E-state index < -0.39 is 49.1 Å². The number of fused-ring (bicyclic) bond motifs is 1. The zero-order valence-electron chi connectivity index (χ0n) is 17.1. The molecular weight excluding hydrogens is 412 g/mol. The van der Waals surface area contributed by atoms with Crippen LogP contribution in [0.4, 0.5) is 0 Å². The van der Waals surface area contributed by atoms with Crippen molar-refractivity contribution in [2.24, 2.45) is 0 Å². The van der Waals surface area contributed by atoms with Gasteiger partial charge < -0.3 is 30.3 Å². The van der Waals surface area contributed by atoms with Gasteiger partial charge in [-0.1, -0.05) is 12.1 Å². The number of amides is 2. The number of aromatic nitrogens is 2. The van der Waals surface area contributed by atoms with Gasteiger partial charge >= 0.3 is 11.9 Å². The summed E-state index contributed by atoms with van der Waals surface area (Å²) in [5.74, 6) is -2.64. The second kappa shape index (κ2) is 11.0. The van der Waals surface area contributed by atoms with E-state index in [1.54, 1.807) is 33.4 Å². The molecule has 2 atom stereocenters. The fourth-order valence-corrected chi connectivity index (χ4v) is 2.93. The lowest BCUT2D eigenvalue weighted by Crippen LogP contribution is -2.49. The molecule has 1 aromatic carbocycles. The van der Waals surface area contributed by atoms with Gasteiger partial charge in [-0.3, -0.25) is 9.59 Å². The van der Waals surface area contributed by atoms with E-state index in [0.717, 1.165) is 14.2 Å². The minimum absolute atomic E-state index is 0.190. The Bertz CT molecular complexity index is 884. The van der Waals surface area contributed by atoms with Crippen LogP contribution in [0.3, 0.4) is 0 Å². The summed E-state index contributed by atoms with van der Waals surface area (Å²) in [5, 5.41) is 23.3. The van der Waals surface area contributed by atoms with E-state index in [2.05, 4.69) is 20.1 Å². The Balaban J connectivity index is 2.18. The number of benzene rings is 1. The molecule has 0 aliphatic heterocycles. The Labute approximate surface area is 177 Å². The third-order valence-electron chi connectivity index (χ3n) is 4.41. The molecule has 0 fully saturated rings. The molecule has 2 amide bonds. The van der Waals surface area contributed by atoms with Gasteiger partial charge in [-0.05, 0) is 12.1 Å². The highest BCUT2D eigenvalue weighted by molar-refractivity contribution is 5.86. The summed E-state index contributed by atoms with van der Waals surface area (Å²) in [5.41, 5.74) is 1.27. The highest BCUT2D eigenvalue weighted by Crippen LogP contribution is 2.10. The van der Waals surface area contributed by atoms with Gasteiger partial charge in [-0.2, -0.15) is 0 Å². The SMILES string of the molecule is COC(=O)[C@H](CO)NC(=O)Cn1c[n+](CC(=O)N[C@@H](CO)C(=O)OC)c2ccccc21. The first-order valence-corrected chi connectivity index (χ1v) is 9.28. The van der Waals surface area contributed by atoms with Gasteiger partial charge in [0, 0.05) is 0 Å². The van der Waals surface area contributed by atoms with Gasteiger partial charge in [0.15, 0.2) is 36.2 Å². The number of aliphatic hydroxyl groups excluding tert-OH is 2. The van der Waals surface area contributed by atoms with E-state index in [1.807, 2.05) is 0 Å². The summed E-state index contributed by atoms with van der Waals surface area (Å²) in [6.07, 6.45) is 1.53. The average molecular weight is 437 g/mol. The van der Waals surface area contributed by atoms with Crippen molar-refractivity contribution >= 4 is 34.8 Å². The Kier molecular flexibility index (Phi) is 8.46. The van der Waals surface area contributed by atoms with Crippen LogP contribution in [0.2, 0.25) is 0 Å². The molecule has 0 unspecified atom stereocenters. The molecular formula is C19H25N4O8+. The Morgan fingerprint density at radius 1 is 0.968 bits per heavy atom. The number of aliphatic hydroxyl groups is 2. The predicted molar refractivity (Wildman–Crippen MR) is 104 cm³/mol. The fraction of sp³-hybridized carbons (Fsp3) is 0.421. The lowest BCUT2D eigenvalue weighted by atomic mass is 10.3. The molecule has 0 aliphatic rings. The number of carbonyl (C=O) groups is 4. The number of esters is 2. The molecule has 0 bridgehead atoms. The number of nitrogens with one attached hydrogen (secondary N) is 2. The van der Waals surface area contributed by atoms with Crippen molar-refractivity contribution in [3.05, 3.63) is 30.6 Å². The predicted octanol–water partition coefficient (Wildman–Crippen LogP) is -2.77. The van der Waals surface area contributed by atoms with Crippen molar-refractivity contribution < 1.29 is 43.4 Å². The van der Waals surface area contributed by atoms with Crippen LogP contribution < -0.4 is 15.2 Å². The Morgan fingerprint density at radius 2 is 1.52 bits per heavy atom. The van der Waals surface area contributed by atoms with Gasteiger partial charge in [-0.15, -0.1) is 0 Å². The van der Waals surface area contributed by atoms with E-state index in [9.17, 15) is 29.4 Å². The topological polar surface area (TPSA) is 160 Å². The van der Waals surface area contributed by atoms with Crippen molar-refractivity contribution in [3.8, 4) is 0 Å². The normalized spacial score (nSPS) is 12.6. The van der Waals surface area contributed by atoms with E-state index in [4.69, 9.17) is 0 Å². The molecule has 0 aliphatic carbocycles. The number of nitrogens with zero attached hydrogens (tertiary/aromatic N) is 2. The molecule has 0 saturated carbocycles. The molecule has 12 nitrogen and oxygen atoms in total. The smallest absolute Gasteiger partial charge is 0.330 e. The maximum atomic E-state index is 12.4. The molecule has 2 rings (SSSR count). The maximum Gasteiger partial charge on any atom is 0.330 e. The lowest BCUT2D eigenvalue weighted by Gasteiger charge is -2.13. The molecule has 12 heteroatoms. The molecule has 0 spiro atoms. The summed E-state index contributed by atoms with van der Waals surface area (Å²) in [6, 6.07) is 4.62. The summed E-state index contributed by atoms with van der Waals surface area (Å²) < 4.78 is 12.2. The van der Waals surface area contributed by atoms with Crippen LogP contribution in [0.15, 0.2) is 30.6 Å². The molecule has 1 aromatic heterocycles. The number of hydrogen-bond donors (Lipinski definition) is 4. The second-order valence-corrected chi connectivity index (χ2v) is 6.51. The first kappa shape index (κ1) is 23.8. The number of ether oxygens (including phenoxy) is 2. The van der Waals surface area contributed by atoms with Crippen LogP contribution in [0, 0.1) is 0 Å². The average Bonchev–Trinajstić information content (AvgIpc) is 3.11. The zero-order chi connectivity index (χ0) is 23.0. The number of methoxy groups -OCH3 is 2. The minimum Gasteiger partial charge on any atom is -0.467 e.